The number of hydrogen-bond donors (Lipinski definition) is 0. The van der Waals surface area contributed by atoms with Crippen molar-refractivity contribution < 1.29 is 14.3 Å². The number of ether oxygens (including phenoxy) is 1. The van der Waals surface area contributed by atoms with Crippen molar-refractivity contribution in [3.05, 3.63) is 12.2 Å². The molecule has 1 fully saturated rings. The average molecular weight is 222 g/mol. The topological polar surface area (TPSA) is 43.4 Å². The highest BCUT2D eigenvalue weighted by Gasteiger charge is 2.47. The minimum Gasteiger partial charge on any atom is -0.469 e. The zero-order valence-electron chi connectivity index (χ0n) is 9.86. The summed E-state index contributed by atoms with van der Waals surface area (Å²) in [5, 5.41) is 0. The molecule has 3 heteroatoms. The Hall–Kier alpha value is -1.12. The van der Waals surface area contributed by atoms with E-state index in [0.717, 1.165) is 19.3 Å². The van der Waals surface area contributed by atoms with Gasteiger partial charge in [-0.1, -0.05) is 19.1 Å². The minimum atomic E-state index is -0.241. The summed E-state index contributed by atoms with van der Waals surface area (Å²) in [6, 6.07) is 0. The first-order valence-corrected chi connectivity index (χ1v) is 5.85. The van der Waals surface area contributed by atoms with E-state index in [1.807, 2.05) is 6.92 Å². The molecule has 0 saturated heterocycles. The normalized spacial score (nSPS) is 38.0. The molecular weight excluding hydrogens is 204 g/mol. The van der Waals surface area contributed by atoms with Crippen molar-refractivity contribution in [1.29, 1.82) is 0 Å². The fourth-order valence-electron chi connectivity index (χ4n) is 2.92. The molecular formula is C13H18O3. The molecule has 0 amide bonds. The van der Waals surface area contributed by atoms with Crippen LogP contribution in [-0.4, -0.2) is 18.9 Å². The highest BCUT2D eigenvalue weighted by atomic mass is 16.5. The van der Waals surface area contributed by atoms with Crippen molar-refractivity contribution in [3.8, 4) is 0 Å². The smallest absolute Gasteiger partial charge is 0.309 e. The molecule has 0 aromatic rings. The Kier molecular flexibility index (Phi) is 2.87. The van der Waals surface area contributed by atoms with Gasteiger partial charge in [-0.2, -0.15) is 0 Å². The third-order valence-corrected chi connectivity index (χ3v) is 4.16. The molecule has 0 aromatic carbocycles. The minimum absolute atomic E-state index is 0.214. The molecule has 0 unspecified atom stereocenters. The van der Waals surface area contributed by atoms with Crippen LogP contribution in [0.3, 0.4) is 0 Å². The Labute approximate surface area is 95.9 Å². The van der Waals surface area contributed by atoms with E-state index in [4.69, 9.17) is 4.74 Å². The van der Waals surface area contributed by atoms with E-state index in [9.17, 15) is 9.59 Å². The molecule has 0 aliphatic heterocycles. The van der Waals surface area contributed by atoms with Crippen molar-refractivity contribution in [2.45, 2.75) is 32.6 Å². The molecule has 0 bridgehead atoms. The molecule has 16 heavy (non-hydrogen) atoms. The number of allylic oxidation sites excluding steroid dienone is 2. The first-order valence-electron chi connectivity index (χ1n) is 5.85. The number of hydrogen-bond acceptors (Lipinski definition) is 3. The lowest BCUT2D eigenvalue weighted by Gasteiger charge is -2.42. The van der Waals surface area contributed by atoms with Crippen molar-refractivity contribution >= 4 is 11.8 Å². The van der Waals surface area contributed by atoms with Crippen LogP contribution in [0, 0.1) is 17.3 Å². The van der Waals surface area contributed by atoms with E-state index in [1.54, 1.807) is 0 Å². The van der Waals surface area contributed by atoms with Gasteiger partial charge in [0.25, 0.3) is 0 Å². The van der Waals surface area contributed by atoms with Gasteiger partial charge in [-0.05, 0) is 25.2 Å². The summed E-state index contributed by atoms with van der Waals surface area (Å²) in [6.07, 6.45) is 7.23. The third kappa shape index (κ3) is 1.68. The second-order valence-corrected chi connectivity index (χ2v) is 5.07. The first kappa shape index (κ1) is 11.4. The molecule has 2 rings (SSSR count). The number of methoxy groups -OCH3 is 1. The van der Waals surface area contributed by atoms with Gasteiger partial charge >= 0.3 is 5.97 Å². The monoisotopic (exact) mass is 222 g/mol. The van der Waals surface area contributed by atoms with Gasteiger partial charge in [-0.15, -0.1) is 0 Å². The summed E-state index contributed by atoms with van der Waals surface area (Å²) in [6.45, 7) is 2.04. The van der Waals surface area contributed by atoms with Crippen molar-refractivity contribution in [3.63, 3.8) is 0 Å². The van der Waals surface area contributed by atoms with Crippen LogP contribution in [0.2, 0.25) is 0 Å². The van der Waals surface area contributed by atoms with Crippen LogP contribution in [-0.2, 0) is 14.3 Å². The molecule has 0 radical (unpaired) electrons. The molecule has 2 aliphatic rings. The van der Waals surface area contributed by atoms with E-state index in [1.165, 1.54) is 7.11 Å². The third-order valence-electron chi connectivity index (χ3n) is 4.16. The number of rotatable bonds is 1. The van der Waals surface area contributed by atoms with Crippen LogP contribution in [0.1, 0.15) is 32.6 Å². The Morgan fingerprint density at radius 1 is 1.56 bits per heavy atom. The quantitative estimate of drug-likeness (QED) is 0.504. The predicted octanol–water partition coefficient (Wildman–Crippen LogP) is 2.11. The fourth-order valence-corrected chi connectivity index (χ4v) is 2.92. The molecule has 0 heterocycles. The summed E-state index contributed by atoms with van der Waals surface area (Å²) in [5.74, 6) is -0.0391. The van der Waals surface area contributed by atoms with Gasteiger partial charge < -0.3 is 4.74 Å². The van der Waals surface area contributed by atoms with Gasteiger partial charge in [0.1, 0.15) is 5.78 Å². The largest absolute Gasteiger partial charge is 0.469 e. The van der Waals surface area contributed by atoms with E-state index in [-0.39, 0.29) is 29.0 Å². The number of ketones is 1. The van der Waals surface area contributed by atoms with Gasteiger partial charge in [-0.25, -0.2) is 0 Å². The molecule has 88 valence electrons. The Morgan fingerprint density at radius 2 is 2.31 bits per heavy atom. The maximum absolute atomic E-state index is 12.1. The maximum atomic E-state index is 12.1. The Morgan fingerprint density at radius 3 is 3.00 bits per heavy atom. The Bertz CT molecular complexity index is 345. The van der Waals surface area contributed by atoms with Gasteiger partial charge in [0.2, 0.25) is 0 Å². The van der Waals surface area contributed by atoms with E-state index < -0.39 is 0 Å². The number of fused-ring (bicyclic) bond motifs is 1. The van der Waals surface area contributed by atoms with Crippen LogP contribution < -0.4 is 0 Å². The van der Waals surface area contributed by atoms with Gasteiger partial charge in [0, 0.05) is 11.8 Å². The molecule has 3 atom stereocenters. The Balaban J connectivity index is 2.21. The van der Waals surface area contributed by atoms with Crippen LogP contribution in [0.25, 0.3) is 0 Å². The van der Waals surface area contributed by atoms with Crippen molar-refractivity contribution in [2.75, 3.05) is 7.11 Å². The van der Waals surface area contributed by atoms with Crippen molar-refractivity contribution in [1.82, 2.24) is 0 Å². The SMILES string of the molecule is COC(=O)[C@@H]1CC(=O)[C@]2(C)CCC=C[C@@H]2C1. The summed E-state index contributed by atoms with van der Waals surface area (Å²) < 4.78 is 4.74. The average Bonchev–Trinajstić information content (AvgIpc) is 2.29. The highest BCUT2D eigenvalue weighted by molar-refractivity contribution is 5.90. The standard InChI is InChI=1S/C13H18O3/c1-13-6-4-3-5-10(13)7-9(8-11(13)14)12(15)16-2/h3,5,9-10H,4,6-8H2,1-2H3/t9-,10+,13+/m0/s1. The summed E-state index contributed by atoms with van der Waals surface area (Å²) in [5.41, 5.74) is -0.237. The van der Waals surface area contributed by atoms with Gasteiger partial charge in [-0.3, -0.25) is 9.59 Å². The number of esters is 1. The van der Waals surface area contributed by atoms with Crippen LogP contribution in [0.5, 0.6) is 0 Å². The molecule has 0 aromatic heterocycles. The second kappa shape index (κ2) is 4.04. The fraction of sp³-hybridized carbons (Fsp3) is 0.692. The lowest BCUT2D eigenvalue weighted by Crippen LogP contribution is -2.44. The lowest BCUT2D eigenvalue weighted by atomic mass is 9.60. The molecule has 3 nitrogen and oxygen atoms in total. The number of Topliss-reactive ketones (excluding diaryl/α,β-unsaturated/α-hetero) is 1. The summed E-state index contributed by atoms with van der Waals surface area (Å²) in [4.78, 5) is 23.6. The second-order valence-electron chi connectivity index (χ2n) is 5.07. The van der Waals surface area contributed by atoms with E-state index in [2.05, 4.69) is 12.2 Å². The molecule has 0 N–H and O–H groups in total. The van der Waals surface area contributed by atoms with Crippen molar-refractivity contribution in [2.24, 2.45) is 17.3 Å². The van der Waals surface area contributed by atoms with E-state index >= 15 is 0 Å². The molecule has 2 aliphatic carbocycles. The zero-order valence-corrected chi connectivity index (χ0v) is 9.86. The van der Waals surface area contributed by atoms with Gasteiger partial charge in [0.05, 0.1) is 13.0 Å². The van der Waals surface area contributed by atoms with E-state index in [0.29, 0.717) is 6.42 Å². The van der Waals surface area contributed by atoms with Gasteiger partial charge in [0.15, 0.2) is 0 Å². The van der Waals surface area contributed by atoms with Crippen LogP contribution in [0.15, 0.2) is 12.2 Å². The highest BCUT2D eigenvalue weighted by Crippen LogP contribution is 2.47. The first-order chi connectivity index (χ1) is 7.58. The zero-order chi connectivity index (χ0) is 11.8. The van der Waals surface area contributed by atoms with Crippen LogP contribution in [0.4, 0.5) is 0 Å². The summed E-state index contributed by atoms with van der Waals surface area (Å²) >= 11 is 0. The molecule has 1 saturated carbocycles. The lowest BCUT2D eigenvalue weighted by molar-refractivity contribution is -0.153. The summed E-state index contributed by atoms with van der Waals surface area (Å²) in [7, 11) is 1.39. The predicted molar refractivity (Wildman–Crippen MR) is 59.7 cm³/mol. The maximum Gasteiger partial charge on any atom is 0.309 e. The number of carbonyl (C=O) groups is 2. The van der Waals surface area contributed by atoms with Crippen LogP contribution >= 0.6 is 0 Å². The molecule has 0 spiro atoms. The number of carbonyl (C=O) groups excluding carboxylic acids is 2.